The second-order valence-corrected chi connectivity index (χ2v) is 13.2. The van der Waals surface area contributed by atoms with Crippen LogP contribution >= 0.6 is 22.0 Å². The highest BCUT2D eigenvalue weighted by Gasteiger charge is 2.22. The van der Waals surface area contributed by atoms with Crippen molar-refractivity contribution < 1.29 is 38.1 Å². The number of hydrogen-bond donors (Lipinski definition) is 4. The highest BCUT2D eigenvalue weighted by atomic mass is 33.1. The number of hydrogen-bond acceptors (Lipinski definition) is 10. The molecule has 0 aromatic heterocycles. The summed E-state index contributed by atoms with van der Waals surface area (Å²) in [6, 6.07) is 0. The lowest BCUT2D eigenvalue weighted by atomic mass is 10.2. The van der Waals surface area contributed by atoms with Crippen LogP contribution in [0.4, 0.5) is 19.2 Å². The van der Waals surface area contributed by atoms with Gasteiger partial charge in [-0.2, -0.15) is 0 Å². The zero-order valence-corrected chi connectivity index (χ0v) is 25.6. The maximum Gasteiger partial charge on any atom is 0.437 e. The van der Waals surface area contributed by atoms with E-state index in [9.17, 15) is 19.2 Å². The summed E-state index contributed by atoms with van der Waals surface area (Å²) in [7, 11) is 1.62. The zero-order valence-electron chi connectivity index (χ0n) is 24.0. The van der Waals surface area contributed by atoms with E-state index in [1.54, 1.807) is 83.1 Å². The van der Waals surface area contributed by atoms with Gasteiger partial charge < -0.3 is 18.9 Å². The molecule has 14 nitrogen and oxygen atoms in total. The predicted molar refractivity (Wildman–Crippen MR) is 148 cm³/mol. The summed E-state index contributed by atoms with van der Waals surface area (Å²) in [5.74, 6) is -0.586. The van der Waals surface area contributed by atoms with Gasteiger partial charge in [0.05, 0.1) is 0 Å². The number of guanidine groups is 2. The smallest absolute Gasteiger partial charge is 0.437 e. The van der Waals surface area contributed by atoms with Crippen molar-refractivity contribution in [2.24, 2.45) is 9.98 Å². The van der Waals surface area contributed by atoms with Gasteiger partial charge in [-0.3, -0.25) is 20.1 Å². The molecule has 38 heavy (non-hydrogen) atoms. The summed E-state index contributed by atoms with van der Waals surface area (Å²) in [5, 5.41) is 4.63. The van der Waals surface area contributed by atoms with Crippen molar-refractivity contribution in [2.75, 3.05) is 0 Å². The van der Waals surface area contributed by atoms with Crippen LogP contribution in [0.15, 0.2) is 9.98 Å². The van der Waals surface area contributed by atoms with Gasteiger partial charge in [0.25, 0.3) is 0 Å². The maximum atomic E-state index is 12.2. The third-order valence-electron chi connectivity index (χ3n) is 2.75. The second kappa shape index (κ2) is 14.3. The van der Waals surface area contributed by atoms with Gasteiger partial charge in [-0.25, -0.2) is 19.2 Å². The fourth-order valence-electron chi connectivity index (χ4n) is 1.83. The molecule has 4 amide bonds. The normalized spacial score (nSPS) is 13.2. The van der Waals surface area contributed by atoms with Crippen molar-refractivity contribution in [3.05, 3.63) is 0 Å². The maximum absolute atomic E-state index is 12.2. The van der Waals surface area contributed by atoms with Crippen LogP contribution in [0, 0.1) is 0 Å². The molecule has 0 saturated carbocycles. The number of rotatable bonds is 3. The van der Waals surface area contributed by atoms with E-state index in [1.165, 1.54) is 0 Å². The SMILES string of the molecule is CC(C)(C)OC(=O)/N=C(/NSSN/C(=N/C(=O)OC(C)(C)C)NC(=O)OC(C)(C)C)NC(=O)OC(C)(C)C. The van der Waals surface area contributed by atoms with Crippen LogP contribution in [0.1, 0.15) is 83.1 Å². The first kappa shape index (κ1) is 35.1. The van der Waals surface area contributed by atoms with Gasteiger partial charge in [0.2, 0.25) is 11.9 Å². The Morgan fingerprint density at radius 2 is 0.763 bits per heavy atom. The van der Waals surface area contributed by atoms with Crippen LogP contribution in [-0.2, 0) is 18.9 Å². The predicted octanol–water partition coefficient (Wildman–Crippen LogP) is 5.01. The van der Waals surface area contributed by atoms with E-state index in [1.807, 2.05) is 0 Å². The van der Waals surface area contributed by atoms with Gasteiger partial charge in [-0.1, -0.05) is 0 Å². The van der Waals surface area contributed by atoms with Gasteiger partial charge in [0.1, 0.15) is 22.4 Å². The number of carbonyl (C=O) groups excluding carboxylic acids is 4. The molecule has 0 bridgehead atoms. The molecule has 0 unspecified atom stereocenters. The summed E-state index contributed by atoms with van der Waals surface area (Å²) >= 11 is 0. The van der Waals surface area contributed by atoms with Gasteiger partial charge >= 0.3 is 24.4 Å². The van der Waals surface area contributed by atoms with Gasteiger partial charge in [-0.15, -0.1) is 9.98 Å². The molecule has 0 saturated heterocycles. The lowest BCUT2D eigenvalue weighted by molar-refractivity contribution is 0.0543. The minimum atomic E-state index is -0.964. The van der Waals surface area contributed by atoms with Crippen molar-refractivity contribution in [3.8, 4) is 0 Å². The van der Waals surface area contributed by atoms with Crippen LogP contribution in [0.25, 0.3) is 0 Å². The molecule has 0 fully saturated rings. The average Bonchev–Trinajstić information content (AvgIpc) is 2.58. The van der Waals surface area contributed by atoms with E-state index in [0.717, 1.165) is 22.0 Å². The highest BCUT2D eigenvalue weighted by molar-refractivity contribution is 8.75. The van der Waals surface area contributed by atoms with E-state index in [2.05, 4.69) is 30.1 Å². The largest absolute Gasteiger partial charge is 0.444 e. The van der Waals surface area contributed by atoms with Gasteiger partial charge in [0, 0.05) is 22.0 Å². The van der Waals surface area contributed by atoms with Crippen LogP contribution in [0.5, 0.6) is 0 Å². The summed E-state index contributed by atoms with van der Waals surface area (Å²) in [4.78, 5) is 56.0. The zero-order chi connectivity index (χ0) is 29.9. The number of aliphatic imine (C=N–C) groups is 2. The quantitative estimate of drug-likeness (QED) is 0.0877. The molecule has 0 aromatic rings. The van der Waals surface area contributed by atoms with Crippen molar-refractivity contribution in [3.63, 3.8) is 0 Å². The van der Waals surface area contributed by atoms with E-state index >= 15 is 0 Å². The molecule has 0 aliphatic carbocycles. The number of ether oxygens (including phenoxy) is 4. The van der Waals surface area contributed by atoms with E-state index in [-0.39, 0.29) is 11.9 Å². The van der Waals surface area contributed by atoms with Crippen molar-refractivity contribution in [1.82, 2.24) is 20.1 Å². The minimum Gasteiger partial charge on any atom is -0.444 e. The first-order valence-corrected chi connectivity index (χ1v) is 13.6. The molecule has 0 aromatic carbocycles. The highest BCUT2D eigenvalue weighted by Crippen LogP contribution is 2.15. The van der Waals surface area contributed by atoms with Crippen LogP contribution in [-0.4, -0.2) is 58.7 Å². The summed E-state index contributed by atoms with van der Waals surface area (Å²) in [6.45, 7) is 20.0. The average molecular weight is 581 g/mol. The molecule has 0 heterocycles. The molecule has 0 aliphatic rings. The molecular weight excluding hydrogens is 540 g/mol. The first-order chi connectivity index (χ1) is 16.9. The number of nitrogens with one attached hydrogen (secondary N) is 4. The lowest BCUT2D eigenvalue weighted by Gasteiger charge is -2.21. The van der Waals surface area contributed by atoms with E-state index in [0.29, 0.717) is 0 Å². The van der Waals surface area contributed by atoms with Crippen molar-refractivity contribution in [1.29, 1.82) is 0 Å². The molecule has 4 N–H and O–H groups in total. The summed E-state index contributed by atoms with van der Waals surface area (Å²) < 4.78 is 25.9. The first-order valence-electron chi connectivity index (χ1n) is 11.4. The van der Waals surface area contributed by atoms with E-state index < -0.39 is 46.8 Å². The van der Waals surface area contributed by atoms with Crippen LogP contribution < -0.4 is 20.1 Å². The Kier molecular flexibility index (Phi) is 13.2. The molecule has 0 spiro atoms. The fourth-order valence-corrected chi connectivity index (χ4v) is 2.98. The van der Waals surface area contributed by atoms with Crippen LogP contribution in [0.3, 0.4) is 0 Å². The third kappa shape index (κ3) is 21.2. The van der Waals surface area contributed by atoms with Gasteiger partial charge in [0.15, 0.2) is 0 Å². The van der Waals surface area contributed by atoms with Crippen molar-refractivity contribution in [2.45, 2.75) is 105 Å². The Labute approximate surface area is 231 Å². The third-order valence-corrected chi connectivity index (χ3v) is 4.14. The molecule has 218 valence electrons. The number of carbonyl (C=O) groups is 4. The molecule has 0 radical (unpaired) electrons. The van der Waals surface area contributed by atoms with Crippen molar-refractivity contribution >= 4 is 58.3 Å². The number of nitrogens with zero attached hydrogens (tertiary/aromatic N) is 2. The standard InChI is InChI=1S/C22H40N6O8S2/c1-19(2,3)33-15(29)23-13(24-16(30)34-20(4,5)6)27-37-38-28-14(25-17(31)35-21(7,8)9)26-18(32)36-22(10,11)12/h1-12H3,(H2,23,24,27,29,30)(H2,25,26,28,31,32). The second-order valence-electron chi connectivity index (χ2n) is 11.5. The summed E-state index contributed by atoms with van der Waals surface area (Å²) in [6.07, 6.45) is -3.67. The monoisotopic (exact) mass is 580 g/mol. The number of amides is 4. The lowest BCUT2D eigenvalue weighted by Crippen LogP contribution is -2.43. The summed E-state index contributed by atoms with van der Waals surface area (Å²) in [5.41, 5.74) is -3.24. The van der Waals surface area contributed by atoms with E-state index in [4.69, 9.17) is 18.9 Å². The Balaban J connectivity index is 5.48. The Morgan fingerprint density at radius 1 is 0.500 bits per heavy atom. The minimum absolute atomic E-state index is 0.293. The number of alkyl carbamates (subject to hydrolysis) is 2. The Morgan fingerprint density at radius 3 is 1.00 bits per heavy atom. The molecule has 0 aliphatic heterocycles. The van der Waals surface area contributed by atoms with Gasteiger partial charge in [-0.05, 0) is 83.1 Å². The molecular formula is C22H40N6O8S2. The molecule has 0 rings (SSSR count). The topological polar surface area (TPSA) is 178 Å². The molecule has 16 heteroatoms. The molecule has 0 atom stereocenters. The van der Waals surface area contributed by atoms with Crippen LogP contribution in [0.2, 0.25) is 0 Å². The Hall–Kier alpha value is -2.88. The Bertz CT molecular complexity index is 839. The fraction of sp³-hybridized carbons (Fsp3) is 0.727.